The molecule has 0 spiro atoms. The quantitative estimate of drug-likeness (QED) is 0.826. The minimum atomic E-state index is -4.40. The average molecular weight is 285 g/mol. The highest BCUT2D eigenvalue weighted by molar-refractivity contribution is 5.21. The molecule has 0 atom stereocenters. The third-order valence-corrected chi connectivity index (χ3v) is 2.89. The molecule has 0 saturated carbocycles. The van der Waals surface area contributed by atoms with Crippen molar-refractivity contribution in [3.05, 3.63) is 17.5 Å². The predicted octanol–water partition coefficient (Wildman–Crippen LogP) is 3.72. The fourth-order valence-electron chi connectivity index (χ4n) is 1.65. The van der Waals surface area contributed by atoms with Gasteiger partial charge in [-0.25, -0.2) is 0 Å². The van der Waals surface area contributed by atoms with Crippen molar-refractivity contribution in [2.24, 2.45) is 5.41 Å². The van der Waals surface area contributed by atoms with Gasteiger partial charge in [0, 0.05) is 24.8 Å². The zero-order valence-corrected chi connectivity index (χ0v) is 11.2. The lowest BCUT2D eigenvalue weighted by Crippen LogP contribution is -2.23. The van der Waals surface area contributed by atoms with Gasteiger partial charge in [-0.3, -0.25) is 0 Å². The highest BCUT2D eigenvalue weighted by Gasteiger charge is 2.37. The number of hydrogen-bond donors (Lipinski definition) is 0. The van der Waals surface area contributed by atoms with Crippen LogP contribution in [0.5, 0.6) is 0 Å². The Morgan fingerprint density at radius 1 is 1.25 bits per heavy atom. The molecule has 20 heavy (non-hydrogen) atoms. The van der Waals surface area contributed by atoms with E-state index < -0.39 is 24.4 Å². The van der Waals surface area contributed by atoms with Crippen molar-refractivity contribution in [2.45, 2.75) is 45.2 Å². The van der Waals surface area contributed by atoms with E-state index in [1.165, 1.54) is 0 Å². The summed E-state index contributed by atoms with van der Waals surface area (Å²) in [5, 5.41) is 21.8. The third kappa shape index (κ3) is 4.27. The van der Waals surface area contributed by atoms with E-state index >= 15 is 0 Å². The van der Waals surface area contributed by atoms with E-state index in [2.05, 4.69) is 5.16 Å². The van der Waals surface area contributed by atoms with Crippen LogP contribution in [0.1, 0.15) is 44.1 Å². The molecule has 1 aromatic heterocycles. The molecule has 0 aromatic carbocycles. The third-order valence-electron chi connectivity index (χ3n) is 2.89. The first-order chi connectivity index (χ1) is 9.21. The Morgan fingerprint density at radius 3 is 2.25 bits per heavy atom. The minimum absolute atomic E-state index is 0.0741. The summed E-state index contributed by atoms with van der Waals surface area (Å²) in [6, 6.07) is 4.94. The first-order valence-corrected chi connectivity index (χ1v) is 6.06. The molecule has 4 nitrogen and oxygen atoms in total. The van der Waals surface area contributed by atoms with Crippen LogP contribution >= 0.6 is 0 Å². The van der Waals surface area contributed by atoms with Crippen LogP contribution in [-0.2, 0) is 6.42 Å². The van der Waals surface area contributed by atoms with Crippen molar-refractivity contribution in [2.75, 3.05) is 0 Å². The molecule has 0 saturated heterocycles. The fraction of sp³-hybridized carbons (Fsp3) is 0.615. The van der Waals surface area contributed by atoms with Crippen LogP contribution in [0.2, 0.25) is 0 Å². The first kappa shape index (κ1) is 16.0. The molecule has 0 aliphatic carbocycles. The van der Waals surface area contributed by atoms with Crippen LogP contribution in [0.15, 0.2) is 10.6 Å². The number of nitrogens with zero attached hydrogens (tertiary/aromatic N) is 3. The molecule has 0 N–H and O–H groups in total. The van der Waals surface area contributed by atoms with Crippen molar-refractivity contribution in [3.8, 4) is 12.1 Å². The normalized spacial score (nSPS) is 12.2. The van der Waals surface area contributed by atoms with Crippen LogP contribution < -0.4 is 0 Å². The van der Waals surface area contributed by atoms with Gasteiger partial charge in [0.25, 0.3) is 0 Å². The van der Waals surface area contributed by atoms with Gasteiger partial charge in [0.1, 0.15) is 11.2 Å². The Morgan fingerprint density at radius 2 is 1.85 bits per heavy atom. The van der Waals surface area contributed by atoms with E-state index in [1.807, 2.05) is 13.8 Å². The lowest BCUT2D eigenvalue weighted by Gasteiger charge is -2.17. The molecule has 0 fully saturated rings. The topological polar surface area (TPSA) is 73.6 Å². The number of aromatic nitrogens is 1. The molecule has 1 aromatic rings. The van der Waals surface area contributed by atoms with Crippen molar-refractivity contribution < 1.29 is 17.7 Å². The Bertz CT molecular complexity index is 520. The first-order valence-electron chi connectivity index (χ1n) is 6.06. The molecule has 108 valence electrons. The average Bonchev–Trinajstić information content (AvgIpc) is 2.82. The van der Waals surface area contributed by atoms with Gasteiger partial charge in [-0.15, -0.1) is 0 Å². The van der Waals surface area contributed by atoms with E-state index in [9.17, 15) is 13.2 Å². The lowest BCUT2D eigenvalue weighted by molar-refractivity contribution is -0.138. The molecule has 7 heteroatoms. The Kier molecular flexibility index (Phi) is 4.78. The summed E-state index contributed by atoms with van der Waals surface area (Å²) >= 11 is 0. The van der Waals surface area contributed by atoms with Crippen LogP contribution in [0, 0.1) is 28.1 Å². The summed E-state index contributed by atoms with van der Waals surface area (Å²) in [5.41, 5.74) is -1.42. The maximum Gasteiger partial charge on any atom is 0.389 e. The molecule has 0 aliphatic rings. The van der Waals surface area contributed by atoms with Crippen LogP contribution in [0.3, 0.4) is 0 Å². The molecule has 0 radical (unpaired) electrons. The van der Waals surface area contributed by atoms with Crippen molar-refractivity contribution >= 4 is 0 Å². The number of nitriles is 2. The summed E-state index contributed by atoms with van der Waals surface area (Å²) in [7, 11) is 0. The summed E-state index contributed by atoms with van der Waals surface area (Å²) in [6.07, 6.45) is -6.32. The number of halogens is 3. The summed E-state index contributed by atoms with van der Waals surface area (Å²) < 4.78 is 41.8. The van der Waals surface area contributed by atoms with Crippen LogP contribution in [0.25, 0.3) is 0 Å². The maximum atomic E-state index is 12.3. The second kappa shape index (κ2) is 5.96. The van der Waals surface area contributed by atoms with Crippen LogP contribution in [-0.4, -0.2) is 11.3 Å². The zero-order chi connectivity index (χ0) is 15.4. The van der Waals surface area contributed by atoms with E-state index in [0.29, 0.717) is 11.5 Å². The molecule has 0 bridgehead atoms. The van der Waals surface area contributed by atoms with Crippen LogP contribution in [0.4, 0.5) is 13.2 Å². The maximum absolute atomic E-state index is 12.3. The Balaban J connectivity index is 2.86. The monoisotopic (exact) mass is 285 g/mol. The smallest absolute Gasteiger partial charge is 0.361 e. The molecule has 1 heterocycles. The Labute approximate surface area is 114 Å². The summed E-state index contributed by atoms with van der Waals surface area (Å²) in [6.45, 7) is 3.74. The van der Waals surface area contributed by atoms with Gasteiger partial charge in [-0.2, -0.15) is 23.7 Å². The van der Waals surface area contributed by atoms with Crippen molar-refractivity contribution in [1.82, 2.24) is 5.16 Å². The highest BCUT2D eigenvalue weighted by atomic mass is 19.4. The largest absolute Gasteiger partial charge is 0.389 e. The van der Waals surface area contributed by atoms with E-state index in [-0.39, 0.29) is 12.3 Å². The van der Waals surface area contributed by atoms with Gasteiger partial charge >= 0.3 is 6.18 Å². The summed E-state index contributed by atoms with van der Waals surface area (Å²) in [4.78, 5) is 0. The SMILES string of the molecule is CC(C)c1cc(CC(C#N)(C#N)CCC(F)(F)F)no1. The minimum Gasteiger partial charge on any atom is -0.361 e. The highest BCUT2D eigenvalue weighted by Crippen LogP contribution is 2.33. The summed E-state index contributed by atoms with van der Waals surface area (Å²) in [5.74, 6) is 0.644. The predicted molar refractivity (Wildman–Crippen MR) is 63.2 cm³/mol. The zero-order valence-electron chi connectivity index (χ0n) is 11.2. The number of hydrogen-bond acceptors (Lipinski definition) is 4. The van der Waals surface area contributed by atoms with Gasteiger partial charge in [0.2, 0.25) is 0 Å². The molecule has 0 aliphatic heterocycles. The fourth-order valence-corrected chi connectivity index (χ4v) is 1.65. The van der Waals surface area contributed by atoms with Gasteiger partial charge < -0.3 is 4.52 Å². The van der Waals surface area contributed by atoms with E-state index in [1.54, 1.807) is 18.2 Å². The molecular formula is C13H14F3N3O. The molecule has 1 rings (SSSR count). The second-order valence-electron chi connectivity index (χ2n) is 4.97. The number of alkyl halides is 3. The lowest BCUT2D eigenvalue weighted by atomic mass is 9.81. The second-order valence-corrected chi connectivity index (χ2v) is 4.97. The molecule has 0 amide bonds. The van der Waals surface area contributed by atoms with Gasteiger partial charge in [-0.05, 0) is 6.42 Å². The number of rotatable bonds is 5. The Hall–Kier alpha value is -2.02. The van der Waals surface area contributed by atoms with Gasteiger partial charge in [0.05, 0.1) is 17.8 Å². The van der Waals surface area contributed by atoms with E-state index in [4.69, 9.17) is 15.0 Å². The standard InChI is InChI=1S/C13H14F3N3O/c1-9(2)11-5-10(19-20-11)6-12(7-17,8-18)3-4-13(14,15)16/h5,9H,3-4,6H2,1-2H3. The van der Waals surface area contributed by atoms with E-state index in [0.717, 1.165) is 0 Å². The molecule has 0 unspecified atom stereocenters. The van der Waals surface area contributed by atoms with Gasteiger partial charge in [-0.1, -0.05) is 19.0 Å². The molecular weight excluding hydrogens is 271 g/mol. The van der Waals surface area contributed by atoms with Crippen molar-refractivity contribution in [3.63, 3.8) is 0 Å². The van der Waals surface area contributed by atoms with Gasteiger partial charge in [0.15, 0.2) is 0 Å². The van der Waals surface area contributed by atoms with Crippen molar-refractivity contribution in [1.29, 1.82) is 10.5 Å².